The maximum Gasteiger partial charge on any atom is 0.335 e. The van der Waals surface area contributed by atoms with Gasteiger partial charge in [-0.05, 0) is 54.1 Å². The first kappa shape index (κ1) is 25.8. The molecule has 0 radical (unpaired) electrons. The minimum Gasteiger partial charge on any atom is -0.478 e. The van der Waals surface area contributed by atoms with E-state index >= 15 is 0 Å². The molecule has 0 unspecified atom stereocenters. The van der Waals surface area contributed by atoms with Crippen molar-refractivity contribution < 1.29 is 27.5 Å². The highest BCUT2D eigenvalue weighted by Gasteiger charge is 2.30. The summed E-state index contributed by atoms with van der Waals surface area (Å²) in [7, 11) is 0. The van der Waals surface area contributed by atoms with Gasteiger partial charge in [0.05, 0.1) is 17.5 Å². The zero-order chi connectivity index (χ0) is 26.2. The molecular weight excluding hydrogens is 516 g/mol. The standard InChI is InChI=1S/C26H19ClF4N2O2S/c1-26(2,15-3-8-20(29)22(31)11-15)23-12-32-25(33(23)17-6-4-16(28)5-7-17)36-13-18-19(27)9-14(24(34)35)10-21(18)30/h3-12H,13H2,1-2H3,(H,34,35). The van der Waals surface area contributed by atoms with Gasteiger partial charge in [-0.3, -0.25) is 4.57 Å². The third-order valence-electron chi connectivity index (χ3n) is 5.83. The molecule has 1 aromatic heterocycles. The summed E-state index contributed by atoms with van der Waals surface area (Å²) in [6.45, 7) is 3.62. The highest BCUT2D eigenvalue weighted by molar-refractivity contribution is 7.98. The number of hydrogen-bond donors (Lipinski definition) is 1. The maximum atomic E-state index is 14.6. The second-order valence-corrected chi connectivity index (χ2v) is 9.85. The number of benzene rings is 3. The molecule has 0 fully saturated rings. The average molecular weight is 535 g/mol. The quantitative estimate of drug-likeness (QED) is 0.198. The molecule has 0 bridgehead atoms. The van der Waals surface area contributed by atoms with Crippen LogP contribution in [0.3, 0.4) is 0 Å². The fraction of sp³-hybridized carbons (Fsp3) is 0.154. The number of rotatable bonds is 7. The van der Waals surface area contributed by atoms with Crippen molar-refractivity contribution in [2.24, 2.45) is 0 Å². The zero-order valence-electron chi connectivity index (χ0n) is 19.0. The molecule has 4 rings (SSSR count). The van der Waals surface area contributed by atoms with Crippen LogP contribution in [0.4, 0.5) is 17.6 Å². The summed E-state index contributed by atoms with van der Waals surface area (Å²) in [5.41, 5.74) is 0.599. The van der Waals surface area contributed by atoms with Gasteiger partial charge in [-0.15, -0.1) is 0 Å². The van der Waals surface area contributed by atoms with E-state index in [1.165, 1.54) is 24.3 Å². The van der Waals surface area contributed by atoms with E-state index in [9.17, 15) is 22.4 Å². The van der Waals surface area contributed by atoms with Crippen LogP contribution in [0.1, 0.15) is 41.0 Å². The summed E-state index contributed by atoms with van der Waals surface area (Å²) in [6, 6.07) is 11.4. The van der Waals surface area contributed by atoms with Gasteiger partial charge < -0.3 is 5.11 Å². The van der Waals surface area contributed by atoms with Crippen LogP contribution in [0.15, 0.2) is 66.0 Å². The predicted octanol–water partition coefficient (Wildman–Crippen LogP) is 7.40. The molecule has 186 valence electrons. The minimum atomic E-state index is -1.30. The predicted molar refractivity (Wildman–Crippen MR) is 130 cm³/mol. The van der Waals surface area contributed by atoms with Gasteiger partial charge in [0.15, 0.2) is 16.8 Å². The van der Waals surface area contributed by atoms with E-state index in [-0.39, 0.29) is 21.9 Å². The molecule has 1 heterocycles. The molecule has 4 nitrogen and oxygen atoms in total. The molecule has 0 aliphatic heterocycles. The fourth-order valence-corrected chi connectivity index (χ4v) is 5.13. The second kappa shape index (κ2) is 9.99. The highest BCUT2D eigenvalue weighted by atomic mass is 35.5. The molecule has 0 aliphatic carbocycles. The number of aromatic carboxylic acids is 1. The summed E-state index contributed by atoms with van der Waals surface area (Å²) in [4.78, 5) is 15.6. The van der Waals surface area contributed by atoms with Crippen LogP contribution in [-0.4, -0.2) is 20.6 Å². The molecule has 3 aromatic carbocycles. The fourth-order valence-electron chi connectivity index (χ4n) is 3.75. The van der Waals surface area contributed by atoms with Gasteiger partial charge in [-0.25, -0.2) is 27.3 Å². The van der Waals surface area contributed by atoms with Crippen LogP contribution in [-0.2, 0) is 11.2 Å². The van der Waals surface area contributed by atoms with E-state index < -0.39 is 34.7 Å². The number of carbonyl (C=O) groups is 1. The van der Waals surface area contributed by atoms with Crippen molar-refractivity contribution >= 4 is 29.3 Å². The van der Waals surface area contributed by atoms with E-state index in [4.69, 9.17) is 16.7 Å². The summed E-state index contributed by atoms with van der Waals surface area (Å²) in [5.74, 6) is -4.44. The van der Waals surface area contributed by atoms with Gasteiger partial charge in [0.25, 0.3) is 0 Å². The van der Waals surface area contributed by atoms with Crippen molar-refractivity contribution in [1.29, 1.82) is 0 Å². The Morgan fingerprint density at radius 1 is 1.00 bits per heavy atom. The number of carboxylic acids is 1. The van der Waals surface area contributed by atoms with Crippen LogP contribution in [0, 0.1) is 23.3 Å². The van der Waals surface area contributed by atoms with Crippen LogP contribution in [0.2, 0.25) is 5.02 Å². The van der Waals surface area contributed by atoms with Crippen LogP contribution >= 0.6 is 23.4 Å². The van der Waals surface area contributed by atoms with Crippen LogP contribution in [0.5, 0.6) is 0 Å². The average Bonchev–Trinajstić information content (AvgIpc) is 3.25. The Hall–Kier alpha value is -3.30. The Balaban J connectivity index is 1.77. The van der Waals surface area contributed by atoms with Gasteiger partial charge in [-0.1, -0.05) is 43.3 Å². The Labute approximate surface area is 213 Å². The summed E-state index contributed by atoms with van der Waals surface area (Å²) >= 11 is 7.28. The summed E-state index contributed by atoms with van der Waals surface area (Å²) < 4.78 is 57.6. The molecule has 1 N–H and O–H groups in total. The van der Waals surface area contributed by atoms with Crippen molar-refractivity contribution in [2.45, 2.75) is 30.2 Å². The Kier molecular flexibility index (Phi) is 7.15. The van der Waals surface area contributed by atoms with Crippen molar-refractivity contribution in [1.82, 2.24) is 9.55 Å². The van der Waals surface area contributed by atoms with Crippen molar-refractivity contribution in [2.75, 3.05) is 0 Å². The van der Waals surface area contributed by atoms with E-state index in [1.807, 2.05) is 13.8 Å². The first-order valence-electron chi connectivity index (χ1n) is 10.6. The number of halogens is 5. The lowest BCUT2D eigenvalue weighted by Crippen LogP contribution is -2.23. The lowest BCUT2D eigenvalue weighted by Gasteiger charge is -2.27. The normalized spacial score (nSPS) is 11.6. The molecule has 36 heavy (non-hydrogen) atoms. The van der Waals surface area contributed by atoms with Crippen molar-refractivity contribution in [3.05, 3.63) is 111 Å². The van der Waals surface area contributed by atoms with Crippen LogP contribution < -0.4 is 0 Å². The molecule has 0 aliphatic rings. The number of imidazole rings is 1. The molecule has 0 amide bonds. The summed E-state index contributed by atoms with van der Waals surface area (Å²) in [5, 5.41) is 9.47. The van der Waals surface area contributed by atoms with Gasteiger partial charge in [0.2, 0.25) is 0 Å². The van der Waals surface area contributed by atoms with Crippen molar-refractivity contribution in [3.8, 4) is 5.69 Å². The molecule has 0 saturated carbocycles. The number of hydrogen-bond acceptors (Lipinski definition) is 3. The Morgan fingerprint density at radius 3 is 2.31 bits per heavy atom. The molecule has 0 spiro atoms. The number of thioether (sulfide) groups is 1. The monoisotopic (exact) mass is 534 g/mol. The Morgan fingerprint density at radius 2 is 1.69 bits per heavy atom. The summed E-state index contributed by atoms with van der Waals surface area (Å²) in [6.07, 6.45) is 1.57. The van der Waals surface area contributed by atoms with Gasteiger partial charge >= 0.3 is 5.97 Å². The largest absolute Gasteiger partial charge is 0.478 e. The first-order valence-corrected chi connectivity index (χ1v) is 12.0. The lowest BCUT2D eigenvalue weighted by molar-refractivity contribution is 0.0696. The Bertz CT molecular complexity index is 1430. The van der Waals surface area contributed by atoms with Crippen LogP contribution in [0.25, 0.3) is 5.69 Å². The molecule has 4 aromatic rings. The maximum absolute atomic E-state index is 14.6. The topological polar surface area (TPSA) is 55.1 Å². The third-order valence-corrected chi connectivity index (χ3v) is 7.15. The van der Waals surface area contributed by atoms with Gasteiger partial charge in [-0.2, -0.15) is 0 Å². The van der Waals surface area contributed by atoms with Gasteiger partial charge in [0, 0.05) is 27.4 Å². The van der Waals surface area contributed by atoms with E-state index in [2.05, 4.69) is 4.98 Å². The highest BCUT2D eigenvalue weighted by Crippen LogP contribution is 2.38. The molecule has 10 heteroatoms. The molecular formula is C26H19ClF4N2O2S. The SMILES string of the molecule is CC(C)(c1ccc(F)c(F)c1)c1cnc(SCc2c(F)cc(C(=O)O)cc2Cl)n1-c1ccc(F)cc1. The second-order valence-electron chi connectivity index (χ2n) is 8.50. The third kappa shape index (κ3) is 4.99. The number of carboxylic acid groups (broad SMARTS) is 1. The first-order chi connectivity index (χ1) is 17.0. The van der Waals surface area contributed by atoms with E-state index in [0.717, 1.165) is 30.0 Å². The van der Waals surface area contributed by atoms with Crippen molar-refractivity contribution in [3.63, 3.8) is 0 Å². The smallest absolute Gasteiger partial charge is 0.335 e. The number of aromatic nitrogens is 2. The zero-order valence-corrected chi connectivity index (χ0v) is 20.6. The minimum absolute atomic E-state index is 0.0216. The molecule has 0 atom stereocenters. The van der Waals surface area contributed by atoms with E-state index in [1.54, 1.807) is 22.9 Å². The number of nitrogens with zero attached hydrogens (tertiary/aromatic N) is 2. The lowest BCUT2D eigenvalue weighted by atomic mass is 9.81. The van der Waals surface area contributed by atoms with E-state index in [0.29, 0.717) is 22.1 Å². The van der Waals surface area contributed by atoms with Gasteiger partial charge in [0.1, 0.15) is 11.6 Å². The molecule has 0 saturated heterocycles.